The number of carbonyl (C=O) groups excluding carboxylic acids is 1. The smallest absolute Gasteiger partial charge is 0.255 e. The highest BCUT2D eigenvalue weighted by atomic mass is 32.1. The Morgan fingerprint density at radius 1 is 1.18 bits per heavy atom. The van der Waals surface area contributed by atoms with Crippen LogP contribution in [0.15, 0.2) is 65.1 Å². The van der Waals surface area contributed by atoms with Gasteiger partial charge in [0.05, 0.1) is 28.0 Å². The second kappa shape index (κ2) is 9.74. The second-order valence-corrected chi connectivity index (χ2v) is 10.5. The van der Waals surface area contributed by atoms with E-state index in [1.165, 1.54) is 12.1 Å². The number of anilines is 2. The summed E-state index contributed by atoms with van der Waals surface area (Å²) in [5, 5.41) is 7.72. The van der Waals surface area contributed by atoms with Crippen molar-refractivity contribution in [2.75, 3.05) is 37.4 Å². The number of thiazole rings is 1. The Morgan fingerprint density at radius 2 is 1.97 bits per heavy atom. The van der Waals surface area contributed by atoms with Crippen molar-refractivity contribution in [3.8, 4) is 11.3 Å². The number of nitrogens with zero attached hydrogens (tertiary/aromatic N) is 2. The summed E-state index contributed by atoms with van der Waals surface area (Å²) in [6.45, 7) is 3.29. The molecular weight excluding hydrogens is 503 g/mol. The van der Waals surface area contributed by atoms with Crippen LogP contribution >= 0.6 is 11.3 Å². The first kappa shape index (κ1) is 24.4. The lowest BCUT2D eigenvalue weighted by atomic mass is 10.00. The van der Waals surface area contributed by atoms with E-state index in [9.17, 15) is 9.18 Å². The van der Waals surface area contributed by atoms with Gasteiger partial charge in [-0.2, -0.15) is 0 Å². The topological polar surface area (TPSA) is 79.6 Å². The normalized spacial score (nSPS) is 17.4. The SMILES string of the molecule is CNC(=O)c1c(-c2ccc(F)cc2)oc2cc3c(cc12)[C@H](C)O[C@H](CNc1nc2ccccc2s1)CN3C. The zero-order valence-corrected chi connectivity index (χ0v) is 22.1. The van der Waals surface area contributed by atoms with E-state index in [1.807, 2.05) is 44.3 Å². The van der Waals surface area contributed by atoms with Gasteiger partial charge in [-0.3, -0.25) is 4.79 Å². The molecule has 1 aliphatic rings. The van der Waals surface area contributed by atoms with Crippen molar-refractivity contribution in [1.29, 1.82) is 0 Å². The van der Waals surface area contributed by atoms with Crippen LogP contribution in [-0.4, -0.2) is 44.2 Å². The summed E-state index contributed by atoms with van der Waals surface area (Å²) in [4.78, 5) is 19.8. The van der Waals surface area contributed by atoms with Crippen LogP contribution in [-0.2, 0) is 4.74 Å². The summed E-state index contributed by atoms with van der Waals surface area (Å²) in [6.07, 6.45) is -0.308. The molecule has 3 heterocycles. The van der Waals surface area contributed by atoms with Crippen molar-refractivity contribution < 1.29 is 18.3 Å². The van der Waals surface area contributed by atoms with Gasteiger partial charge in [0.15, 0.2) is 5.13 Å². The average Bonchev–Trinajstić information content (AvgIpc) is 3.48. The molecule has 6 rings (SSSR count). The van der Waals surface area contributed by atoms with E-state index in [-0.39, 0.29) is 23.9 Å². The van der Waals surface area contributed by atoms with Crippen LogP contribution in [0.3, 0.4) is 0 Å². The molecule has 2 N–H and O–H groups in total. The molecule has 194 valence electrons. The van der Waals surface area contributed by atoms with Gasteiger partial charge in [0.2, 0.25) is 0 Å². The highest BCUT2D eigenvalue weighted by Gasteiger charge is 2.29. The first-order valence-electron chi connectivity index (χ1n) is 12.5. The molecule has 1 amide bonds. The van der Waals surface area contributed by atoms with Crippen LogP contribution < -0.4 is 15.5 Å². The Kier molecular flexibility index (Phi) is 6.25. The molecule has 2 atom stereocenters. The van der Waals surface area contributed by atoms with Crippen LogP contribution in [0.25, 0.3) is 32.5 Å². The van der Waals surface area contributed by atoms with Crippen molar-refractivity contribution in [2.24, 2.45) is 0 Å². The summed E-state index contributed by atoms with van der Waals surface area (Å²) in [5.41, 5.74) is 4.58. The Morgan fingerprint density at radius 3 is 2.74 bits per heavy atom. The van der Waals surface area contributed by atoms with Crippen molar-refractivity contribution in [1.82, 2.24) is 10.3 Å². The molecule has 7 nitrogen and oxygen atoms in total. The fourth-order valence-electron chi connectivity index (χ4n) is 5.03. The largest absolute Gasteiger partial charge is 0.455 e. The number of likely N-dealkylation sites (N-methyl/N-ethyl adjacent to an activating group) is 1. The molecular formula is C29H27FN4O3S. The maximum atomic E-state index is 13.6. The van der Waals surface area contributed by atoms with E-state index in [0.29, 0.717) is 40.9 Å². The van der Waals surface area contributed by atoms with Gasteiger partial charge < -0.3 is 24.7 Å². The summed E-state index contributed by atoms with van der Waals surface area (Å²) in [5.74, 6) is -0.206. The fraction of sp³-hybridized carbons (Fsp3) is 0.241. The molecule has 38 heavy (non-hydrogen) atoms. The van der Waals surface area contributed by atoms with E-state index in [1.54, 1.807) is 30.5 Å². The number of ether oxygens (including phenoxy) is 1. The number of halogens is 1. The van der Waals surface area contributed by atoms with Gasteiger partial charge >= 0.3 is 0 Å². The van der Waals surface area contributed by atoms with E-state index < -0.39 is 0 Å². The molecule has 0 saturated heterocycles. The first-order chi connectivity index (χ1) is 18.4. The number of para-hydroxylation sites is 1. The van der Waals surface area contributed by atoms with Crippen molar-refractivity contribution >= 4 is 49.2 Å². The van der Waals surface area contributed by atoms with Crippen LogP contribution in [0.1, 0.15) is 28.9 Å². The zero-order valence-electron chi connectivity index (χ0n) is 21.2. The van der Waals surface area contributed by atoms with Crippen molar-refractivity contribution in [3.05, 3.63) is 77.6 Å². The Hall–Kier alpha value is -3.95. The van der Waals surface area contributed by atoms with Crippen LogP contribution in [0, 0.1) is 5.82 Å². The summed E-state index contributed by atoms with van der Waals surface area (Å²) in [7, 11) is 3.61. The minimum atomic E-state index is -0.349. The molecule has 0 saturated carbocycles. The predicted molar refractivity (Wildman–Crippen MR) is 150 cm³/mol. The Balaban J connectivity index is 1.32. The molecule has 0 radical (unpaired) electrons. The standard InChI is InChI=1S/C29H27FN4O3S/c1-16-20-12-21-24(37-27(26(21)28(35)31-2)17-8-10-18(30)11-9-17)13-23(20)34(3)15-19(36-16)14-32-29-33-22-6-4-5-7-25(22)38-29/h4-13,16,19H,14-15H2,1-3H3,(H,31,35)(H,32,33)/t16-,19+/m0/s1. The van der Waals surface area contributed by atoms with Gasteiger partial charge in [0.25, 0.3) is 5.91 Å². The van der Waals surface area contributed by atoms with Crippen LogP contribution in [0.4, 0.5) is 15.2 Å². The van der Waals surface area contributed by atoms with E-state index in [2.05, 4.69) is 26.6 Å². The number of benzene rings is 3. The third-order valence-corrected chi connectivity index (χ3v) is 7.89. The van der Waals surface area contributed by atoms with E-state index in [4.69, 9.17) is 9.15 Å². The van der Waals surface area contributed by atoms with Gasteiger partial charge in [0.1, 0.15) is 17.2 Å². The number of hydrogen-bond acceptors (Lipinski definition) is 7. The van der Waals surface area contributed by atoms with Gasteiger partial charge in [0, 0.05) is 55.5 Å². The second-order valence-electron chi connectivity index (χ2n) is 9.45. The monoisotopic (exact) mass is 530 g/mol. The number of aromatic nitrogens is 1. The van der Waals surface area contributed by atoms with Gasteiger partial charge in [-0.05, 0) is 49.4 Å². The molecule has 0 aliphatic carbocycles. The Bertz CT molecular complexity index is 1610. The molecule has 0 bridgehead atoms. The lowest BCUT2D eigenvalue weighted by Gasteiger charge is -2.22. The maximum Gasteiger partial charge on any atom is 0.255 e. The molecule has 3 aromatic carbocycles. The lowest BCUT2D eigenvalue weighted by molar-refractivity contribution is 0.0135. The van der Waals surface area contributed by atoms with Crippen molar-refractivity contribution in [2.45, 2.75) is 19.1 Å². The first-order valence-corrected chi connectivity index (χ1v) is 13.3. The van der Waals surface area contributed by atoms with Gasteiger partial charge in [-0.15, -0.1) is 0 Å². The number of carbonyl (C=O) groups is 1. The Labute approximate surface area is 223 Å². The molecule has 1 aliphatic heterocycles. The number of amides is 1. The number of rotatable bonds is 5. The quantitative estimate of drug-likeness (QED) is 0.281. The maximum absolute atomic E-state index is 13.6. The zero-order chi connectivity index (χ0) is 26.4. The average molecular weight is 531 g/mol. The van der Waals surface area contributed by atoms with Crippen LogP contribution in [0.5, 0.6) is 0 Å². The molecule has 2 aromatic heterocycles. The van der Waals surface area contributed by atoms with Crippen LogP contribution in [0.2, 0.25) is 0 Å². The number of hydrogen-bond donors (Lipinski definition) is 2. The highest BCUT2D eigenvalue weighted by molar-refractivity contribution is 7.22. The predicted octanol–water partition coefficient (Wildman–Crippen LogP) is 6.22. The summed E-state index contributed by atoms with van der Waals surface area (Å²) < 4.78 is 27.4. The molecule has 5 aromatic rings. The molecule has 9 heteroatoms. The van der Waals surface area contributed by atoms with E-state index in [0.717, 1.165) is 26.6 Å². The van der Waals surface area contributed by atoms with Gasteiger partial charge in [-0.25, -0.2) is 9.37 Å². The van der Waals surface area contributed by atoms with Crippen molar-refractivity contribution in [3.63, 3.8) is 0 Å². The summed E-state index contributed by atoms with van der Waals surface area (Å²) in [6, 6.07) is 18.0. The minimum absolute atomic E-state index is 0.0890. The number of nitrogens with one attached hydrogen (secondary N) is 2. The molecule has 0 fully saturated rings. The van der Waals surface area contributed by atoms with Gasteiger partial charge in [-0.1, -0.05) is 23.5 Å². The third kappa shape index (κ3) is 4.37. The van der Waals surface area contributed by atoms with E-state index >= 15 is 0 Å². The minimum Gasteiger partial charge on any atom is -0.455 e. The lowest BCUT2D eigenvalue weighted by Crippen LogP contribution is -2.34. The molecule has 0 unspecified atom stereocenters. The number of furan rings is 1. The summed E-state index contributed by atoms with van der Waals surface area (Å²) >= 11 is 1.63. The number of fused-ring (bicyclic) bond motifs is 3. The fourth-order valence-corrected chi connectivity index (χ4v) is 5.90. The molecule has 0 spiro atoms. The highest BCUT2D eigenvalue weighted by Crippen LogP contribution is 2.41. The third-order valence-electron chi connectivity index (χ3n) is 6.90.